The van der Waals surface area contributed by atoms with E-state index in [9.17, 15) is 20.0 Å². The molecular formula is C19H15NO6. The number of esters is 1. The highest BCUT2D eigenvalue weighted by molar-refractivity contribution is 6.05. The third-order valence-corrected chi connectivity index (χ3v) is 3.94. The molecule has 0 aliphatic carbocycles. The fraction of sp³-hybridized carbons (Fsp3) is 0.105. The Bertz CT molecular complexity index is 981. The summed E-state index contributed by atoms with van der Waals surface area (Å²) in [4.78, 5) is 23.1. The molecule has 0 amide bonds. The molecule has 0 aromatic heterocycles. The number of ether oxygens (including phenoxy) is 2. The zero-order valence-electron chi connectivity index (χ0n) is 13.8. The van der Waals surface area contributed by atoms with Gasteiger partial charge in [0.2, 0.25) is 0 Å². The molecule has 0 aliphatic heterocycles. The lowest BCUT2D eigenvalue weighted by Crippen LogP contribution is -2.07. The number of nitro benzene ring substituents is 1. The summed E-state index contributed by atoms with van der Waals surface area (Å²) in [5, 5.41) is 22.1. The molecule has 3 rings (SSSR count). The Kier molecular flexibility index (Phi) is 4.70. The highest BCUT2D eigenvalue weighted by Gasteiger charge is 2.23. The van der Waals surface area contributed by atoms with Crippen LogP contribution in [0.3, 0.4) is 0 Å². The normalized spacial score (nSPS) is 10.5. The van der Waals surface area contributed by atoms with Crippen molar-refractivity contribution in [3.63, 3.8) is 0 Å². The Balaban J connectivity index is 1.90. The third-order valence-electron chi connectivity index (χ3n) is 3.94. The molecule has 3 aromatic rings. The van der Waals surface area contributed by atoms with Crippen LogP contribution in [0.4, 0.5) is 5.69 Å². The number of methoxy groups -OCH3 is 1. The van der Waals surface area contributed by atoms with Gasteiger partial charge in [0, 0.05) is 11.5 Å². The van der Waals surface area contributed by atoms with E-state index < -0.39 is 10.9 Å². The fourth-order valence-corrected chi connectivity index (χ4v) is 2.60. The van der Waals surface area contributed by atoms with Crippen molar-refractivity contribution in [3.8, 4) is 11.5 Å². The predicted molar refractivity (Wildman–Crippen MR) is 94.4 cm³/mol. The summed E-state index contributed by atoms with van der Waals surface area (Å²) in [6, 6.07) is 14.2. The Hall–Kier alpha value is -3.61. The first-order valence-electron chi connectivity index (χ1n) is 7.70. The maximum atomic E-state index is 12.4. The van der Waals surface area contributed by atoms with Gasteiger partial charge in [0.15, 0.2) is 0 Å². The van der Waals surface area contributed by atoms with Gasteiger partial charge in [-0.2, -0.15) is 0 Å². The van der Waals surface area contributed by atoms with Crippen molar-refractivity contribution in [1.82, 2.24) is 0 Å². The van der Waals surface area contributed by atoms with Gasteiger partial charge in [-0.3, -0.25) is 10.1 Å². The number of nitro groups is 1. The smallest absolute Gasteiger partial charge is 0.342 e. The van der Waals surface area contributed by atoms with Crippen LogP contribution in [0.5, 0.6) is 11.5 Å². The van der Waals surface area contributed by atoms with E-state index in [1.54, 1.807) is 43.5 Å². The molecule has 1 N–H and O–H groups in total. The standard InChI is InChI=1S/C19H15NO6/c1-25-13-8-6-12(7-9-13)11-26-19(22)16-10-17(20(23)24)14-4-2-3-5-15(14)18(16)21/h2-10,21H,11H2,1H3. The second kappa shape index (κ2) is 7.10. The lowest BCUT2D eigenvalue weighted by Gasteiger charge is -2.09. The van der Waals surface area contributed by atoms with Crippen molar-refractivity contribution in [2.75, 3.05) is 7.11 Å². The van der Waals surface area contributed by atoms with Crippen LogP contribution >= 0.6 is 0 Å². The lowest BCUT2D eigenvalue weighted by molar-refractivity contribution is -0.383. The van der Waals surface area contributed by atoms with Crippen molar-refractivity contribution >= 4 is 22.4 Å². The zero-order chi connectivity index (χ0) is 18.7. The Labute approximate surface area is 148 Å². The van der Waals surface area contributed by atoms with Crippen LogP contribution in [0.15, 0.2) is 54.6 Å². The molecular weight excluding hydrogens is 338 g/mol. The third kappa shape index (κ3) is 3.27. The SMILES string of the molecule is COc1ccc(COC(=O)c2cc([N+](=O)[O-])c3ccccc3c2O)cc1. The number of non-ortho nitro benzene ring substituents is 1. The Morgan fingerprint density at radius 3 is 2.38 bits per heavy atom. The van der Waals surface area contributed by atoms with Crippen LogP contribution in [0.1, 0.15) is 15.9 Å². The van der Waals surface area contributed by atoms with Crippen molar-refractivity contribution in [2.45, 2.75) is 6.61 Å². The minimum atomic E-state index is -0.841. The molecule has 0 aliphatic rings. The largest absolute Gasteiger partial charge is 0.506 e. The summed E-state index contributed by atoms with van der Waals surface area (Å²) in [6.45, 7) is -0.0388. The van der Waals surface area contributed by atoms with Crippen molar-refractivity contribution in [3.05, 3.63) is 75.8 Å². The number of aromatic hydroxyl groups is 1. The van der Waals surface area contributed by atoms with E-state index >= 15 is 0 Å². The van der Waals surface area contributed by atoms with Gasteiger partial charge in [-0.25, -0.2) is 4.79 Å². The first-order chi connectivity index (χ1) is 12.5. The minimum absolute atomic E-state index is 0.0388. The molecule has 132 valence electrons. The maximum Gasteiger partial charge on any atom is 0.342 e. The van der Waals surface area contributed by atoms with Crippen LogP contribution < -0.4 is 4.74 Å². The Morgan fingerprint density at radius 1 is 1.12 bits per heavy atom. The zero-order valence-corrected chi connectivity index (χ0v) is 13.8. The molecule has 26 heavy (non-hydrogen) atoms. The number of rotatable bonds is 5. The highest BCUT2D eigenvalue weighted by atomic mass is 16.6. The average molecular weight is 353 g/mol. The summed E-state index contributed by atoms with van der Waals surface area (Å²) >= 11 is 0. The number of carbonyl (C=O) groups is 1. The van der Waals surface area contributed by atoms with Crippen LogP contribution in [0, 0.1) is 10.1 Å². The summed E-state index contributed by atoms with van der Waals surface area (Å²) in [7, 11) is 1.55. The minimum Gasteiger partial charge on any atom is -0.506 e. The van der Waals surface area contributed by atoms with Crippen molar-refractivity contribution < 1.29 is 24.3 Å². The van der Waals surface area contributed by atoms with E-state index in [1.165, 1.54) is 12.1 Å². The number of phenolic OH excluding ortho intramolecular Hbond substituents is 1. The number of carbonyl (C=O) groups excluding carboxylic acids is 1. The van der Waals surface area contributed by atoms with E-state index in [1.807, 2.05) is 0 Å². The van der Waals surface area contributed by atoms with Gasteiger partial charge >= 0.3 is 5.97 Å². The average Bonchev–Trinajstić information content (AvgIpc) is 2.66. The monoisotopic (exact) mass is 353 g/mol. The van der Waals surface area contributed by atoms with Crippen LogP contribution in [0.25, 0.3) is 10.8 Å². The molecule has 0 bridgehead atoms. The van der Waals surface area contributed by atoms with Gasteiger partial charge in [-0.1, -0.05) is 30.3 Å². The van der Waals surface area contributed by atoms with Crippen LogP contribution in [-0.2, 0) is 11.3 Å². The number of hydrogen-bond acceptors (Lipinski definition) is 6. The summed E-state index contributed by atoms with van der Waals surface area (Å²) < 4.78 is 10.2. The van der Waals surface area contributed by atoms with E-state index in [2.05, 4.69) is 0 Å². The van der Waals surface area contributed by atoms with Gasteiger partial charge in [-0.15, -0.1) is 0 Å². The molecule has 0 unspecified atom stereocenters. The van der Waals surface area contributed by atoms with E-state index in [0.29, 0.717) is 11.3 Å². The molecule has 7 heteroatoms. The second-order valence-corrected chi connectivity index (χ2v) is 5.52. The topological polar surface area (TPSA) is 98.9 Å². The first kappa shape index (κ1) is 17.2. The molecule has 7 nitrogen and oxygen atoms in total. The van der Waals surface area contributed by atoms with E-state index in [4.69, 9.17) is 9.47 Å². The van der Waals surface area contributed by atoms with E-state index in [-0.39, 0.29) is 34.4 Å². The maximum absolute atomic E-state index is 12.4. The molecule has 0 spiro atoms. The molecule has 0 heterocycles. The first-order valence-corrected chi connectivity index (χ1v) is 7.70. The van der Waals surface area contributed by atoms with Crippen molar-refractivity contribution in [2.24, 2.45) is 0 Å². The van der Waals surface area contributed by atoms with Gasteiger partial charge in [-0.05, 0) is 23.8 Å². The lowest BCUT2D eigenvalue weighted by atomic mass is 10.0. The number of benzene rings is 3. The fourth-order valence-electron chi connectivity index (χ4n) is 2.60. The number of nitrogens with zero attached hydrogens (tertiary/aromatic N) is 1. The number of fused-ring (bicyclic) bond motifs is 1. The van der Waals surface area contributed by atoms with Gasteiger partial charge in [0.25, 0.3) is 5.69 Å². The number of hydrogen-bond donors (Lipinski definition) is 1. The van der Waals surface area contributed by atoms with E-state index in [0.717, 1.165) is 6.07 Å². The predicted octanol–water partition coefficient (Wildman–Crippen LogP) is 3.82. The van der Waals surface area contributed by atoms with Crippen LogP contribution in [0.2, 0.25) is 0 Å². The van der Waals surface area contributed by atoms with Gasteiger partial charge in [0.05, 0.1) is 17.4 Å². The number of phenols is 1. The summed E-state index contributed by atoms with van der Waals surface area (Å²) in [5.41, 5.74) is 0.202. The second-order valence-electron chi connectivity index (χ2n) is 5.52. The quantitative estimate of drug-likeness (QED) is 0.425. The molecule has 0 radical (unpaired) electrons. The summed E-state index contributed by atoms with van der Waals surface area (Å²) in [5.74, 6) is -0.513. The molecule has 0 saturated carbocycles. The summed E-state index contributed by atoms with van der Waals surface area (Å²) in [6.07, 6.45) is 0. The Morgan fingerprint density at radius 2 is 1.77 bits per heavy atom. The molecule has 0 fully saturated rings. The van der Waals surface area contributed by atoms with Gasteiger partial charge in [0.1, 0.15) is 23.7 Å². The van der Waals surface area contributed by atoms with Crippen LogP contribution in [-0.4, -0.2) is 23.1 Å². The molecule has 0 atom stereocenters. The van der Waals surface area contributed by atoms with Gasteiger partial charge < -0.3 is 14.6 Å². The molecule has 0 saturated heterocycles. The molecule has 3 aromatic carbocycles. The van der Waals surface area contributed by atoms with Crippen molar-refractivity contribution in [1.29, 1.82) is 0 Å². The highest BCUT2D eigenvalue weighted by Crippen LogP contribution is 2.36.